The van der Waals surface area contributed by atoms with Crippen molar-refractivity contribution < 1.29 is 14.4 Å². The second-order valence-corrected chi connectivity index (χ2v) is 8.28. The standard InChI is InChI=1S/C24H29ClN4O3/c1-4-28(5-2)20(18-13-9-10-14-19(18)25)15-26-21(30)16-29-22(31)24(3,27-23(29)32)17-11-7-6-8-12-17/h6-14,20H,4-5,15-16H2,1-3H3,(H,26,30)(H,27,32). The molecule has 4 amide bonds. The van der Waals surface area contributed by atoms with Gasteiger partial charge in [0.25, 0.3) is 5.91 Å². The first-order chi connectivity index (χ1) is 15.3. The molecule has 2 aromatic carbocycles. The first-order valence-electron chi connectivity index (χ1n) is 10.8. The molecule has 1 fully saturated rings. The van der Waals surface area contributed by atoms with Gasteiger partial charge in [-0.05, 0) is 37.2 Å². The number of urea groups is 1. The average molecular weight is 457 g/mol. The molecule has 3 rings (SSSR count). The fraction of sp³-hybridized carbons (Fsp3) is 0.375. The van der Waals surface area contributed by atoms with Gasteiger partial charge in [0, 0.05) is 11.6 Å². The van der Waals surface area contributed by atoms with Crippen LogP contribution in [0.15, 0.2) is 54.6 Å². The Labute approximate surface area is 193 Å². The van der Waals surface area contributed by atoms with Crippen LogP contribution in [-0.2, 0) is 15.1 Å². The molecule has 2 aromatic rings. The van der Waals surface area contributed by atoms with Gasteiger partial charge in [-0.15, -0.1) is 0 Å². The van der Waals surface area contributed by atoms with Gasteiger partial charge >= 0.3 is 6.03 Å². The van der Waals surface area contributed by atoms with Crippen molar-refractivity contribution in [2.45, 2.75) is 32.4 Å². The topological polar surface area (TPSA) is 81.8 Å². The fourth-order valence-electron chi connectivity index (χ4n) is 4.06. The van der Waals surface area contributed by atoms with Crippen molar-refractivity contribution in [1.82, 2.24) is 20.4 Å². The maximum absolute atomic E-state index is 13.0. The van der Waals surface area contributed by atoms with E-state index in [1.807, 2.05) is 44.2 Å². The molecule has 7 nitrogen and oxygen atoms in total. The van der Waals surface area contributed by atoms with Gasteiger partial charge in [-0.3, -0.25) is 19.4 Å². The lowest BCUT2D eigenvalue weighted by Gasteiger charge is -2.31. The highest BCUT2D eigenvalue weighted by atomic mass is 35.5. The Morgan fingerprint density at radius 2 is 1.72 bits per heavy atom. The largest absolute Gasteiger partial charge is 0.353 e. The number of carbonyl (C=O) groups excluding carboxylic acids is 3. The van der Waals surface area contributed by atoms with E-state index in [0.717, 1.165) is 23.6 Å². The number of rotatable bonds is 9. The lowest BCUT2D eigenvalue weighted by molar-refractivity contribution is -0.134. The Kier molecular flexibility index (Phi) is 7.53. The molecule has 0 saturated carbocycles. The molecule has 1 saturated heterocycles. The third-order valence-corrected chi connectivity index (χ3v) is 6.28. The van der Waals surface area contributed by atoms with Crippen LogP contribution in [0.3, 0.4) is 0 Å². The van der Waals surface area contributed by atoms with E-state index in [1.165, 1.54) is 0 Å². The molecule has 8 heteroatoms. The molecule has 0 spiro atoms. The van der Waals surface area contributed by atoms with Gasteiger partial charge in [-0.1, -0.05) is 74.0 Å². The highest BCUT2D eigenvalue weighted by Crippen LogP contribution is 2.29. The summed E-state index contributed by atoms with van der Waals surface area (Å²) in [6.07, 6.45) is 0. The molecular weight excluding hydrogens is 428 g/mol. The van der Waals surface area contributed by atoms with Crippen molar-refractivity contribution in [3.8, 4) is 0 Å². The zero-order valence-corrected chi connectivity index (χ0v) is 19.4. The number of carbonyl (C=O) groups is 3. The van der Waals surface area contributed by atoms with Crippen LogP contribution in [0.2, 0.25) is 5.02 Å². The Balaban J connectivity index is 1.70. The summed E-state index contributed by atoms with van der Waals surface area (Å²) in [5, 5.41) is 6.23. The van der Waals surface area contributed by atoms with E-state index in [4.69, 9.17) is 11.6 Å². The quantitative estimate of drug-likeness (QED) is 0.567. The van der Waals surface area contributed by atoms with Crippen LogP contribution >= 0.6 is 11.6 Å². The number of nitrogens with one attached hydrogen (secondary N) is 2. The molecule has 2 atom stereocenters. The molecule has 2 unspecified atom stereocenters. The number of imide groups is 1. The first-order valence-corrected chi connectivity index (χ1v) is 11.1. The van der Waals surface area contributed by atoms with E-state index in [1.54, 1.807) is 31.2 Å². The van der Waals surface area contributed by atoms with Gasteiger partial charge in [0.05, 0.1) is 6.04 Å². The highest BCUT2D eigenvalue weighted by Gasteiger charge is 2.49. The first kappa shape index (κ1) is 23.8. The minimum atomic E-state index is -1.19. The van der Waals surface area contributed by atoms with Gasteiger partial charge in [0.15, 0.2) is 0 Å². The zero-order chi connectivity index (χ0) is 23.3. The van der Waals surface area contributed by atoms with Crippen molar-refractivity contribution in [3.05, 3.63) is 70.7 Å². The molecule has 2 N–H and O–H groups in total. The normalized spacial score (nSPS) is 19.2. The Morgan fingerprint density at radius 3 is 2.34 bits per heavy atom. The lowest BCUT2D eigenvalue weighted by Crippen LogP contribution is -2.45. The van der Waals surface area contributed by atoms with Crippen LogP contribution in [-0.4, -0.2) is 53.8 Å². The van der Waals surface area contributed by atoms with Crippen molar-refractivity contribution in [2.24, 2.45) is 0 Å². The van der Waals surface area contributed by atoms with Crippen LogP contribution < -0.4 is 10.6 Å². The number of hydrogen-bond acceptors (Lipinski definition) is 4. The predicted molar refractivity (Wildman–Crippen MR) is 124 cm³/mol. The van der Waals surface area contributed by atoms with Crippen molar-refractivity contribution in [3.63, 3.8) is 0 Å². The summed E-state index contributed by atoms with van der Waals surface area (Å²) in [4.78, 5) is 41.4. The van der Waals surface area contributed by atoms with E-state index in [0.29, 0.717) is 17.1 Å². The van der Waals surface area contributed by atoms with Crippen molar-refractivity contribution >= 4 is 29.4 Å². The smallest absolute Gasteiger partial charge is 0.325 e. The SMILES string of the molecule is CCN(CC)C(CNC(=O)CN1C(=O)NC(C)(c2ccccc2)C1=O)c1ccccc1Cl. The van der Waals surface area contributed by atoms with E-state index in [9.17, 15) is 14.4 Å². The second kappa shape index (κ2) is 10.1. The molecule has 0 aliphatic carbocycles. The maximum Gasteiger partial charge on any atom is 0.325 e. The summed E-state index contributed by atoms with van der Waals surface area (Å²) < 4.78 is 0. The summed E-state index contributed by atoms with van der Waals surface area (Å²) in [6.45, 7) is 7.27. The predicted octanol–water partition coefficient (Wildman–Crippen LogP) is 3.31. The number of nitrogens with zero attached hydrogens (tertiary/aromatic N) is 2. The van der Waals surface area contributed by atoms with Crippen LogP contribution in [0.4, 0.5) is 4.79 Å². The number of hydrogen-bond donors (Lipinski definition) is 2. The number of likely N-dealkylation sites (N-methyl/N-ethyl adjacent to an activating group) is 1. The summed E-state index contributed by atoms with van der Waals surface area (Å²) in [5.41, 5.74) is 0.395. The molecular formula is C24H29ClN4O3. The number of benzene rings is 2. The van der Waals surface area contributed by atoms with E-state index in [2.05, 4.69) is 15.5 Å². The molecule has 0 bridgehead atoms. The third kappa shape index (κ3) is 4.79. The molecule has 0 aromatic heterocycles. The van der Waals surface area contributed by atoms with Crippen LogP contribution in [0, 0.1) is 0 Å². The zero-order valence-electron chi connectivity index (χ0n) is 18.6. The van der Waals surface area contributed by atoms with Crippen LogP contribution in [0.5, 0.6) is 0 Å². The number of amides is 4. The molecule has 1 aliphatic heterocycles. The molecule has 1 heterocycles. The highest BCUT2D eigenvalue weighted by molar-refractivity contribution is 6.31. The van der Waals surface area contributed by atoms with Crippen LogP contribution in [0.1, 0.15) is 37.9 Å². The molecule has 1 aliphatic rings. The van der Waals surface area contributed by atoms with Gasteiger partial charge < -0.3 is 10.6 Å². The lowest BCUT2D eigenvalue weighted by atomic mass is 9.92. The second-order valence-electron chi connectivity index (χ2n) is 7.88. The van der Waals surface area contributed by atoms with Gasteiger partial charge in [-0.25, -0.2) is 4.79 Å². The monoisotopic (exact) mass is 456 g/mol. The average Bonchev–Trinajstić information content (AvgIpc) is 3.01. The minimum absolute atomic E-state index is 0.125. The van der Waals surface area contributed by atoms with E-state index >= 15 is 0 Å². The summed E-state index contributed by atoms with van der Waals surface area (Å²) >= 11 is 6.41. The van der Waals surface area contributed by atoms with Crippen LogP contribution in [0.25, 0.3) is 0 Å². The summed E-state index contributed by atoms with van der Waals surface area (Å²) in [6, 6.07) is 15.8. The van der Waals surface area contributed by atoms with Crippen molar-refractivity contribution in [2.75, 3.05) is 26.2 Å². The molecule has 0 radical (unpaired) electrons. The molecule has 170 valence electrons. The van der Waals surface area contributed by atoms with Gasteiger partial charge in [0.2, 0.25) is 5.91 Å². The maximum atomic E-state index is 13.0. The third-order valence-electron chi connectivity index (χ3n) is 5.94. The molecule has 32 heavy (non-hydrogen) atoms. The summed E-state index contributed by atoms with van der Waals surface area (Å²) in [7, 11) is 0. The minimum Gasteiger partial charge on any atom is -0.353 e. The Bertz CT molecular complexity index is 980. The fourth-order valence-corrected chi connectivity index (χ4v) is 4.32. The van der Waals surface area contributed by atoms with E-state index < -0.39 is 23.4 Å². The summed E-state index contributed by atoms with van der Waals surface area (Å²) in [5.74, 6) is -0.856. The van der Waals surface area contributed by atoms with E-state index in [-0.39, 0.29) is 12.6 Å². The Morgan fingerprint density at radius 1 is 1.09 bits per heavy atom. The van der Waals surface area contributed by atoms with Crippen molar-refractivity contribution in [1.29, 1.82) is 0 Å². The Hall–Kier alpha value is -2.90. The van der Waals surface area contributed by atoms with Gasteiger partial charge in [-0.2, -0.15) is 0 Å². The van der Waals surface area contributed by atoms with Gasteiger partial charge in [0.1, 0.15) is 12.1 Å². The number of halogens is 1.